The van der Waals surface area contributed by atoms with Gasteiger partial charge in [-0.3, -0.25) is 19.7 Å². The number of carbonyl (C=O) groups is 3. The third kappa shape index (κ3) is 4.35. The molecule has 0 aliphatic carbocycles. The third-order valence-corrected chi connectivity index (χ3v) is 5.89. The number of benzene rings is 3. The van der Waals surface area contributed by atoms with Crippen molar-refractivity contribution >= 4 is 23.5 Å². The second-order valence-corrected chi connectivity index (χ2v) is 8.01. The zero-order valence-electron chi connectivity index (χ0n) is 19.1. The summed E-state index contributed by atoms with van der Waals surface area (Å²) >= 11 is 0. The summed E-state index contributed by atoms with van der Waals surface area (Å²) < 4.78 is 4.94. The maximum absolute atomic E-state index is 13.3. The van der Waals surface area contributed by atoms with Crippen LogP contribution in [0.4, 0.5) is 5.69 Å². The van der Waals surface area contributed by atoms with E-state index in [2.05, 4.69) is 5.32 Å². The van der Waals surface area contributed by atoms with E-state index in [1.165, 1.54) is 4.90 Å². The lowest BCUT2D eigenvalue weighted by Crippen LogP contribution is -2.40. The van der Waals surface area contributed by atoms with Crippen LogP contribution in [0.2, 0.25) is 0 Å². The van der Waals surface area contributed by atoms with Crippen LogP contribution in [0.1, 0.15) is 38.8 Å². The summed E-state index contributed by atoms with van der Waals surface area (Å²) in [5.74, 6) is -1.30. The van der Waals surface area contributed by atoms with Crippen molar-refractivity contribution in [3.8, 4) is 11.1 Å². The summed E-state index contributed by atoms with van der Waals surface area (Å²) in [4.78, 5) is 39.6. The lowest BCUT2D eigenvalue weighted by Gasteiger charge is -2.19. The number of hydrogen-bond acceptors (Lipinski definition) is 6. The molecule has 1 aliphatic rings. The van der Waals surface area contributed by atoms with Crippen LogP contribution in [-0.4, -0.2) is 42.1 Å². The molecule has 0 aromatic heterocycles. The number of esters is 1. The Morgan fingerprint density at radius 1 is 0.971 bits per heavy atom. The van der Waals surface area contributed by atoms with Gasteiger partial charge in [-0.2, -0.15) is 0 Å². The molecule has 1 aliphatic heterocycles. The van der Waals surface area contributed by atoms with Gasteiger partial charge in [0.15, 0.2) is 0 Å². The summed E-state index contributed by atoms with van der Waals surface area (Å²) in [5, 5.41) is 12.4. The monoisotopic (exact) mass is 458 g/mol. The molecule has 0 saturated carbocycles. The van der Waals surface area contributed by atoms with Crippen molar-refractivity contribution in [2.75, 3.05) is 18.1 Å². The van der Waals surface area contributed by atoms with Crippen molar-refractivity contribution in [2.45, 2.75) is 26.4 Å². The van der Waals surface area contributed by atoms with Gasteiger partial charge >= 0.3 is 5.97 Å². The van der Waals surface area contributed by atoms with Gasteiger partial charge in [0.1, 0.15) is 6.04 Å². The average molecular weight is 459 g/mol. The second kappa shape index (κ2) is 9.99. The minimum absolute atomic E-state index is 0.215. The SMILES string of the molecule is CCOC(=O)[C@H](CO)NCc1ccc2c(c1)C(=O)N(c1cccc(-c3ccccc3)c1C)C2=O. The number of aliphatic hydroxyl groups is 1. The van der Waals surface area contributed by atoms with E-state index in [0.29, 0.717) is 22.4 Å². The quantitative estimate of drug-likeness (QED) is 0.396. The molecule has 4 rings (SSSR count). The summed E-state index contributed by atoms with van der Waals surface area (Å²) in [6, 6.07) is 19.5. The molecule has 0 fully saturated rings. The van der Waals surface area contributed by atoms with Crippen LogP contribution >= 0.6 is 0 Å². The topological polar surface area (TPSA) is 95.9 Å². The van der Waals surface area contributed by atoms with Crippen LogP contribution < -0.4 is 10.2 Å². The summed E-state index contributed by atoms with van der Waals surface area (Å²) in [7, 11) is 0. The summed E-state index contributed by atoms with van der Waals surface area (Å²) in [6.45, 7) is 3.62. The Bertz CT molecular complexity index is 1240. The maximum Gasteiger partial charge on any atom is 0.325 e. The molecule has 2 amide bonds. The first kappa shape index (κ1) is 23.4. The fourth-order valence-corrected chi connectivity index (χ4v) is 4.12. The number of carbonyl (C=O) groups excluding carboxylic acids is 3. The Balaban J connectivity index is 1.59. The Labute approximate surface area is 198 Å². The van der Waals surface area contributed by atoms with Gasteiger partial charge in [-0.1, -0.05) is 48.5 Å². The van der Waals surface area contributed by atoms with E-state index in [4.69, 9.17) is 4.74 Å². The van der Waals surface area contributed by atoms with Crippen molar-refractivity contribution in [2.24, 2.45) is 0 Å². The Hall–Kier alpha value is -3.81. The van der Waals surface area contributed by atoms with Gasteiger partial charge < -0.3 is 9.84 Å². The predicted octanol–water partition coefficient (Wildman–Crippen LogP) is 3.48. The van der Waals surface area contributed by atoms with E-state index in [1.54, 1.807) is 31.2 Å². The normalized spacial score (nSPS) is 13.7. The van der Waals surface area contributed by atoms with Gasteiger partial charge in [-0.05, 0) is 54.3 Å². The van der Waals surface area contributed by atoms with E-state index in [0.717, 1.165) is 16.7 Å². The number of aliphatic hydroxyl groups excluding tert-OH is 1. The number of rotatable bonds is 8. The van der Waals surface area contributed by atoms with Crippen molar-refractivity contribution in [3.05, 3.63) is 89.0 Å². The highest BCUT2D eigenvalue weighted by Crippen LogP contribution is 2.35. The van der Waals surface area contributed by atoms with E-state index in [9.17, 15) is 19.5 Å². The van der Waals surface area contributed by atoms with Gasteiger partial charge in [-0.15, -0.1) is 0 Å². The molecule has 0 saturated heterocycles. The number of nitrogens with zero attached hydrogens (tertiary/aromatic N) is 1. The highest BCUT2D eigenvalue weighted by Gasteiger charge is 2.37. The van der Waals surface area contributed by atoms with Crippen molar-refractivity contribution in [1.82, 2.24) is 5.32 Å². The molecule has 0 unspecified atom stereocenters. The van der Waals surface area contributed by atoms with Crippen LogP contribution in [0.3, 0.4) is 0 Å². The van der Waals surface area contributed by atoms with Gasteiger partial charge in [0.25, 0.3) is 11.8 Å². The number of anilines is 1. The largest absolute Gasteiger partial charge is 0.465 e. The highest BCUT2D eigenvalue weighted by atomic mass is 16.5. The Morgan fingerprint density at radius 3 is 2.41 bits per heavy atom. The molecule has 3 aromatic carbocycles. The van der Waals surface area contributed by atoms with E-state index < -0.39 is 18.6 Å². The fourth-order valence-electron chi connectivity index (χ4n) is 4.12. The van der Waals surface area contributed by atoms with E-state index in [1.807, 2.05) is 49.4 Å². The number of nitrogens with one attached hydrogen (secondary N) is 1. The molecular formula is C27H26N2O5. The number of fused-ring (bicyclic) bond motifs is 1. The first-order chi connectivity index (χ1) is 16.5. The maximum atomic E-state index is 13.3. The van der Waals surface area contributed by atoms with Crippen LogP contribution in [0.5, 0.6) is 0 Å². The first-order valence-electron chi connectivity index (χ1n) is 11.1. The highest BCUT2D eigenvalue weighted by molar-refractivity contribution is 6.34. The molecule has 7 nitrogen and oxygen atoms in total. The zero-order valence-corrected chi connectivity index (χ0v) is 19.1. The predicted molar refractivity (Wildman–Crippen MR) is 129 cm³/mol. The molecule has 0 radical (unpaired) electrons. The van der Waals surface area contributed by atoms with Gasteiger partial charge in [-0.25, -0.2) is 4.90 Å². The lowest BCUT2D eigenvalue weighted by atomic mass is 9.99. The lowest BCUT2D eigenvalue weighted by molar-refractivity contribution is -0.146. The van der Waals surface area contributed by atoms with Crippen LogP contribution in [0.25, 0.3) is 11.1 Å². The van der Waals surface area contributed by atoms with Crippen molar-refractivity contribution < 1.29 is 24.2 Å². The molecule has 0 bridgehead atoms. The van der Waals surface area contributed by atoms with Gasteiger partial charge in [0, 0.05) is 6.54 Å². The van der Waals surface area contributed by atoms with Crippen LogP contribution in [-0.2, 0) is 16.1 Å². The number of ether oxygens (including phenoxy) is 1. The molecule has 1 atom stereocenters. The molecule has 174 valence electrons. The van der Waals surface area contributed by atoms with Crippen molar-refractivity contribution in [1.29, 1.82) is 0 Å². The standard InChI is InChI=1S/C27H26N2O5/c1-3-34-27(33)23(16-30)28-15-18-12-13-21-22(14-18)26(32)29(25(21)31)24-11-7-10-20(17(24)2)19-8-5-4-6-9-19/h4-14,23,28,30H,3,15-16H2,1-2H3/t23-/m0/s1. The van der Waals surface area contributed by atoms with E-state index >= 15 is 0 Å². The fraction of sp³-hybridized carbons (Fsp3) is 0.222. The molecule has 2 N–H and O–H groups in total. The van der Waals surface area contributed by atoms with Crippen molar-refractivity contribution in [3.63, 3.8) is 0 Å². The minimum Gasteiger partial charge on any atom is -0.465 e. The first-order valence-corrected chi connectivity index (χ1v) is 11.1. The molecule has 7 heteroatoms. The molecule has 0 spiro atoms. The Kier molecular flexibility index (Phi) is 6.86. The average Bonchev–Trinajstić information content (AvgIpc) is 3.10. The van der Waals surface area contributed by atoms with Crippen LogP contribution in [0, 0.1) is 6.92 Å². The molecule has 3 aromatic rings. The number of hydrogen-bond donors (Lipinski definition) is 2. The van der Waals surface area contributed by atoms with Gasteiger partial charge in [0.05, 0.1) is 30.0 Å². The third-order valence-electron chi connectivity index (χ3n) is 5.89. The summed E-state index contributed by atoms with van der Waals surface area (Å²) in [6.07, 6.45) is 0. The molecule has 34 heavy (non-hydrogen) atoms. The number of imide groups is 1. The van der Waals surface area contributed by atoms with E-state index in [-0.39, 0.29) is 25.0 Å². The Morgan fingerprint density at radius 2 is 1.71 bits per heavy atom. The van der Waals surface area contributed by atoms with Crippen LogP contribution in [0.15, 0.2) is 66.7 Å². The smallest absolute Gasteiger partial charge is 0.325 e. The molecular weight excluding hydrogens is 432 g/mol. The van der Waals surface area contributed by atoms with Gasteiger partial charge in [0.2, 0.25) is 0 Å². The second-order valence-electron chi connectivity index (χ2n) is 8.01. The zero-order chi connectivity index (χ0) is 24.2. The summed E-state index contributed by atoms with van der Waals surface area (Å²) in [5.41, 5.74) is 4.70. The number of amides is 2. The minimum atomic E-state index is -0.870. The molecule has 1 heterocycles.